The Hall–Kier alpha value is -3.27. The van der Waals surface area contributed by atoms with Crippen molar-refractivity contribution >= 4 is 11.6 Å². The fourth-order valence-electron chi connectivity index (χ4n) is 3.07. The third kappa shape index (κ3) is 5.38. The van der Waals surface area contributed by atoms with Gasteiger partial charge in [-0.3, -0.25) is 4.79 Å². The minimum absolute atomic E-state index is 0.156. The molecular formula is C25H27NO3. The van der Waals surface area contributed by atoms with E-state index in [0.717, 1.165) is 33.9 Å². The zero-order valence-electron chi connectivity index (χ0n) is 17.4. The third-order valence-electron chi connectivity index (χ3n) is 4.67. The van der Waals surface area contributed by atoms with Gasteiger partial charge in [-0.2, -0.15) is 0 Å². The smallest absolute Gasteiger partial charge is 0.255 e. The number of rotatable bonds is 7. The van der Waals surface area contributed by atoms with Gasteiger partial charge in [-0.05, 0) is 69.7 Å². The van der Waals surface area contributed by atoms with Crippen molar-refractivity contribution in [1.29, 1.82) is 0 Å². The number of amides is 1. The summed E-state index contributed by atoms with van der Waals surface area (Å²) in [5.41, 5.74) is 5.59. The lowest BCUT2D eigenvalue weighted by Crippen LogP contribution is -2.14. The monoisotopic (exact) mass is 389 g/mol. The molecule has 4 nitrogen and oxygen atoms in total. The summed E-state index contributed by atoms with van der Waals surface area (Å²) in [7, 11) is 0. The van der Waals surface area contributed by atoms with Crippen LogP contribution in [0, 0.1) is 20.8 Å². The van der Waals surface area contributed by atoms with E-state index >= 15 is 0 Å². The molecule has 0 aliphatic heterocycles. The van der Waals surface area contributed by atoms with Crippen LogP contribution in [0.25, 0.3) is 0 Å². The molecule has 150 valence electrons. The molecule has 0 heterocycles. The fraction of sp³-hybridized carbons (Fsp3) is 0.240. The summed E-state index contributed by atoms with van der Waals surface area (Å²) in [5.74, 6) is 1.35. The third-order valence-corrected chi connectivity index (χ3v) is 4.67. The number of nitrogens with one attached hydrogen (secondary N) is 1. The zero-order chi connectivity index (χ0) is 20.8. The van der Waals surface area contributed by atoms with Crippen LogP contribution >= 0.6 is 0 Å². The molecule has 0 atom stereocenters. The number of anilines is 1. The van der Waals surface area contributed by atoms with Crippen molar-refractivity contribution in [3.63, 3.8) is 0 Å². The molecular weight excluding hydrogens is 362 g/mol. The van der Waals surface area contributed by atoms with Gasteiger partial charge >= 0.3 is 0 Å². The molecule has 0 saturated carbocycles. The first-order valence-electron chi connectivity index (χ1n) is 9.80. The van der Waals surface area contributed by atoms with Crippen LogP contribution in [-0.4, -0.2) is 12.5 Å². The quantitative estimate of drug-likeness (QED) is 0.552. The molecule has 29 heavy (non-hydrogen) atoms. The van der Waals surface area contributed by atoms with Crippen LogP contribution in [0.5, 0.6) is 11.5 Å². The molecule has 0 saturated heterocycles. The standard InChI is InChI=1S/C25H27NO3/c1-5-28-24-13-9-20(25(27)26-23-12-8-18(3)14-19(23)4)15-21(24)16-29-22-10-6-17(2)7-11-22/h6-15H,5,16H2,1-4H3,(H,26,27). The topological polar surface area (TPSA) is 47.6 Å². The molecule has 1 N–H and O–H groups in total. The first kappa shape index (κ1) is 20.5. The summed E-state index contributed by atoms with van der Waals surface area (Å²) < 4.78 is 11.6. The van der Waals surface area contributed by atoms with Gasteiger partial charge in [-0.15, -0.1) is 0 Å². The summed E-state index contributed by atoms with van der Waals surface area (Å²) >= 11 is 0. The van der Waals surface area contributed by atoms with Crippen molar-refractivity contribution in [2.45, 2.75) is 34.3 Å². The highest BCUT2D eigenvalue weighted by Crippen LogP contribution is 2.24. The van der Waals surface area contributed by atoms with Gasteiger partial charge in [0.1, 0.15) is 18.1 Å². The molecule has 3 aromatic rings. The van der Waals surface area contributed by atoms with Gasteiger partial charge in [-0.1, -0.05) is 35.4 Å². The first-order chi connectivity index (χ1) is 14.0. The van der Waals surface area contributed by atoms with E-state index in [9.17, 15) is 4.79 Å². The SMILES string of the molecule is CCOc1ccc(C(=O)Nc2ccc(C)cc2C)cc1COc1ccc(C)cc1. The Balaban J connectivity index is 1.79. The summed E-state index contributed by atoms with van der Waals surface area (Å²) in [6, 6.07) is 19.3. The van der Waals surface area contributed by atoms with Crippen LogP contribution in [0.4, 0.5) is 5.69 Å². The number of carbonyl (C=O) groups is 1. The summed E-state index contributed by atoms with van der Waals surface area (Å²) in [5, 5.41) is 2.99. The van der Waals surface area contributed by atoms with Gasteiger partial charge < -0.3 is 14.8 Å². The van der Waals surface area contributed by atoms with E-state index in [2.05, 4.69) is 11.4 Å². The van der Waals surface area contributed by atoms with Crippen molar-refractivity contribution < 1.29 is 14.3 Å². The van der Waals surface area contributed by atoms with Crippen molar-refractivity contribution in [3.05, 3.63) is 88.5 Å². The molecule has 4 heteroatoms. The summed E-state index contributed by atoms with van der Waals surface area (Å²) in [6.45, 7) is 8.86. The highest BCUT2D eigenvalue weighted by Gasteiger charge is 2.13. The fourth-order valence-corrected chi connectivity index (χ4v) is 3.07. The molecule has 1 amide bonds. The summed E-state index contributed by atoms with van der Waals surface area (Å²) in [6.07, 6.45) is 0. The zero-order valence-corrected chi connectivity index (χ0v) is 17.4. The lowest BCUT2D eigenvalue weighted by molar-refractivity contribution is 0.102. The van der Waals surface area contributed by atoms with E-state index in [0.29, 0.717) is 18.8 Å². The maximum Gasteiger partial charge on any atom is 0.255 e. The molecule has 0 aliphatic carbocycles. The average molecular weight is 389 g/mol. The average Bonchev–Trinajstić information content (AvgIpc) is 2.70. The van der Waals surface area contributed by atoms with E-state index in [1.165, 1.54) is 5.56 Å². The second-order valence-electron chi connectivity index (χ2n) is 7.13. The van der Waals surface area contributed by atoms with Crippen molar-refractivity contribution in [1.82, 2.24) is 0 Å². The largest absolute Gasteiger partial charge is 0.493 e. The Morgan fingerprint density at radius 1 is 0.862 bits per heavy atom. The molecule has 0 aliphatic rings. The number of carbonyl (C=O) groups excluding carboxylic acids is 1. The van der Waals surface area contributed by atoms with E-state index in [-0.39, 0.29) is 5.91 Å². The molecule has 0 spiro atoms. The lowest BCUT2D eigenvalue weighted by atomic mass is 10.1. The van der Waals surface area contributed by atoms with Crippen LogP contribution in [0.1, 0.15) is 39.5 Å². The van der Waals surface area contributed by atoms with Gasteiger partial charge in [-0.25, -0.2) is 0 Å². The van der Waals surface area contributed by atoms with E-state index in [1.807, 2.05) is 76.2 Å². The number of hydrogen-bond donors (Lipinski definition) is 1. The molecule has 3 rings (SSSR count). The lowest BCUT2D eigenvalue weighted by Gasteiger charge is -2.14. The Labute approximate surface area is 172 Å². The predicted octanol–water partition coefficient (Wildman–Crippen LogP) is 5.84. The summed E-state index contributed by atoms with van der Waals surface area (Å²) in [4.78, 5) is 12.8. The van der Waals surface area contributed by atoms with E-state index in [1.54, 1.807) is 6.07 Å². The first-order valence-corrected chi connectivity index (χ1v) is 9.80. The Kier molecular flexibility index (Phi) is 6.55. The minimum Gasteiger partial charge on any atom is -0.493 e. The molecule has 0 aromatic heterocycles. The number of hydrogen-bond acceptors (Lipinski definition) is 3. The maximum absolute atomic E-state index is 12.8. The number of aryl methyl sites for hydroxylation is 3. The normalized spacial score (nSPS) is 10.5. The second kappa shape index (κ2) is 9.28. The Morgan fingerprint density at radius 3 is 2.28 bits per heavy atom. The van der Waals surface area contributed by atoms with Crippen LogP contribution in [-0.2, 0) is 6.61 Å². The second-order valence-corrected chi connectivity index (χ2v) is 7.13. The molecule has 0 bridgehead atoms. The van der Waals surface area contributed by atoms with Gasteiger partial charge in [0.15, 0.2) is 0 Å². The Bertz CT molecular complexity index is 993. The maximum atomic E-state index is 12.8. The van der Waals surface area contributed by atoms with Crippen molar-refractivity contribution in [2.75, 3.05) is 11.9 Å². The van der Waals surface area contributed by atoms with Crippen LogP contribution in [0.15, 0.2) is 60.7 Å². The van der Waals surface area contributed by atoms with E-state index in [4.69, 9.17) is 9.47 Å². The van der Waals surface area contributed by atoms with Crippen molar-refractivity contribution in [2.24, 2.45) is 0 Å². The van der Waals surface area contributed by atoms with Crippen molar-refractivity contribution in [3.8, 4) is 11.5 Å². The molecule has 0 unspecified atom stereocenters. The number of ether oxygens (including phenoxy) is 2. The van der Waals surface area contributed by atoms with Gasteiger partial charge in [0.05, 0.1) is 6.61 Å². The minimum atomic E-state index is -0.156. The van der Waals surface area contributed by atoms with Crippen LogP contribution < -0.4 is 14.8 Å². The predicted molar refractivity (Wildman–Crippen MR) is 117 cm³/mol. The molecule has 3 aromatic carbocycles. The van der Waals surface area contributed by atoms with E-state index < -0.39 is 0 Å². The van der Waals surface area contributed by atoms with Gasteiger partial charge in [0.2, 0.25) is 0 Å². The molecule has 0 fully saturated rings. The highest BCUT2D eigenvalue weighted by molar-refractivity contribution is 6.04. The number of benzene rings is 3. The van der Waals surface area contributed by atoms with Gasteiger partial charge in [0.25, 0.3) is 5.91 Å². The van der Waals surface area contributed by atoms with Crippen LogP contribution in [0.3, 0.4) is 0 Å². The molecule has 0 radical (unpaired) electrons. The highest BCUT2D eigenvalue weighted by atomic mass is 16.5. The van der Waals surface area contributed by atoms with Crippen LogP contribution in [0.2, 0.25) is 0 Å². The Morgan fingerprint density at radius 2 is 1.59 bits per heavy atom. The van der Waals surface area contributed by atoms with Gasteiger partial charge in [0, 0.05) is 16.8 Å².